The summed E-state index contributed by atoms with van der Waals surface area (Å²) in [6.07, 6.45) is 4.73. The first-order valence-corrected chi connectivity index (χ1v) is 11.7. The third-order valence-corrected chi connectivity index (χ3v) is 7.03. The summed E-state index contributed by atoms with van der Waals surface area (Å²) in [5.41, 5.74) is 3.34. The number of aliphatic imine (C=N–C) groups is 1. The topological polar surface area (TPSA) is 59.9 Å². The number of ether oxygens (including phenoxy) is 2. The van der Waals surface area contributed by atoms with Crippen LogP contribution in [0.3, 0.4) is 0 Å². The largest absolute Gasteiger partial charge is 0.497 e. The minimum atomic E-state index is -0.167. The van der Waals surface area contributed by atoms with Crippen LogP contribution in [-0.2, 0) is 12.8 Å². The van der Waals surface area contributed by atoms with Crippen LogP contribution < -0.4 is 14.8 Å². The highest BCUT2D eigenvalue weighted by molar-refractivity contribution is 7.16. The van der Waals surface area contributed by atoms with E-state index in [2.05, 4.69) is 12.2 Å². The molecule has 0 saturated carbocycles. The third kappa shape index (κ3) is 4.81. The Hall–Kier alpha value is -2.83. The monoisotopic (exact) mass is 468 g/mol. The Kier molecular flexibility index (Phi) is 6.82. The fourth-order valence-corrected chi connectivity index (χ4v) is 5.43. The molecule has 2 aromatic carbocycles. The first kappa shape index (κ1) is 22.4. The van der Waals surface area contributed by atoms with Crippen molar-refractivity contribution in [3.8, 4) is 11.5 Å². The van der Waals surface area contributed by atoms with Crippen LogP contribution in [0.25, 0.3) is 0 Å². The predicted octanol–water partition coefficient (Wildman–Crippen LogP) is 6.55. The molecule has 1 aliphatic carbocycles. The lowest BCUT2D eigenvalue weighted by Crippen LogP contribution is -2.16. The molecule has 0 spiro atoms. The Balaban J connectivity index is 1.65. The molecule has 3 aromatic rings. The number of halogens is 1. The van der Waals surface area contributed by atoms with E-state index in [1.54, 1.807) is 50.0 Å². The zero-order chi connectivity index (χ0) is 22.7. The molecular formula is C25H25ClN2O3S. The van der Waals surface area contributed by atoms with Crippen LogP contribution in [0.5, 0.6) is 11.5 Å². The Morgan fingerprint density at radius 2 is 1.97 bits per heavy atom. The van der Waals surface area contributed by atoms with Gasteiger partial charge in [0, 0.05) is 16.8 Å². The molecule has 0 radical (unpaired) electrons. The van der Waals surface area contributed by atoms with Gasteiger partial charge >= 0.3 is 0 Å². The van der Waals surface area contributed by atoms with Gasteiger partial charge in [-0.3, -0.25) is 4.79 Å². The molecule has 1 atom stereocenters. The van der Waals surface area contributed by atoms with E-state index in [1.807, 2.05) is 24.3 Å². The number of methoxy groups -OCH3 is 2. The number of anilines is 1. The average Bonchev–Trinajstić information content (AvgIpc) is 3.15. The predicted molar refractivity (Wildman–Crippen MR) is 132 cm³/mol. The second-order valence-electron chi connectivity index (χ2n) is 7.87. The van der Waals surface area contributed by atoms with Gasteiger partial charge in [-0.2, -0.15) is 0 Å². The second kappa shape index (κ2) is 9.76. The summed E-state index contributed by atoms with van der Waals surface area (Å²) in [6.45, 7) is 2.25. The lowest BCUT2D eigenvalue weighted by Gasteiger charge is -2.18. The van der Waals surface area contributed by atoms with Crippen molar-refractivity contribution in [2.75, 3.05) is 19.5 Å². The number of rotatable bonds is 6. The summed E-state index contributed by atoms with van der Waals surface area (Å²) in [5, 5.41) is 4.17. The van der Waals surface area contributed by atoms with Crippen molar-refractivity contribution in [1.29, 1.82) is 0 Å². The van der Waals surface area contributed by atoms with E-state index in [1.165, 1.54) is 4.88 Å². The quantitative estimate of drug-likeness (QED) is 0.417. The molecule has 1 N–H and O–H groups in total. The maximum absolute atomic E-state index is 13.3. The minimum Gasteiger partial charge on any atom is -0.497 e. The van der Waals surface area contributed by atoms with Crippen molar-refractivity contribution >= 4 is 45.7 Å². The summed E-state index contributed by atoms with van der Waals surface area (Å²) >= 11 is 7.84. The van der Waals surface area contributed by atoms with Gasteiger partial charge < -0.3 is 14.8 Å². The highest BCUT2D eigenvalue weighted by Crippen LogP contribution is 2.41. The average molecular weight is 469 g/mol. The normalized spacial score (nSPS) is 15.4. The third-order valence-electron chi connectivity index (χ3n) is 5.58. The van der Waals surface area contributed by atoms with E-state index in [9.17, 15) is 4.79 Å². The molecule has 0 saturated heterocycles. The van der Waals surface area contributed by atoms with E-state index in [0.29, 0.717) is 27.9 Å². The van der Waals surface area contributed by atoms with E-state index < -0.39 is 0 Å². The van der Waals surface area contributed by atoms with Gasteiger partial charge in [-0.25, -0.2) is 4.99 Å². The molecule has 7 heteroatoms. The van der Waals surface area contributed by atoms with Crippen LogP contribution in [-0.4, -0.2) is 26.3 Å². The van der Waals surface area contributed by atoms with E-state index in [-0.39, 0.29) is 5.91 Å². The van der Waals surface area contributed by atoms with E-state index in [4.69, 9.17) is 26.1 Å². The summed E-state index contributed by atoms with van der Waals surface area (Å²) < 4.78 is 10.4. The molecular weight excluding hydrogens is 444 g/mol. The van der Waals surface area contributed by atoms with Gasteiger partial charge in [-0.05, 0) is 78.8 Å². The SMILES string of the molecule is COc1ccc(/C=N/c2sc3c(c2C(=O)Nc2ccc(OC)c(Cl)c2)CCC(C)C3)cc1. The number of hydrogen-bond donors (Lipinski definition) is 1. The Morgan fingerprint density at radius 1 is 1.19 bits per heavy atom. The fourth-order valence-electron chi connectivity index (χ4n) is 3.82. The zero-order valence-corrected chi connectivity index (χ0v) is 19.8. The van der Waals surface area contributed by atoms with Crippen LogP contribution in [0.2, 0.25) is 5.02 Å². The van der Waals surface area contributed by atoms with Gasteiger partial charge in [0.15, 0.2) is 0 Å². The molecule has 1 unspecified atom stereocenters. The van der Waals surface area contributed by atoms with Crippen LogP contribution in [0.15, 0.2) is 47.5 Å². The molecule has 5 nitrogen and oxygen atoms in total. The smallest absolute Gasteiger partial charge is 0.259 e. The molecule has 166 valence electrons. The minimum absolute atomic E-state index is 0.167. The molecule has 0 fully saturated rings. The number of carbonyl (C=O) groups is 1. The Bertz CT molecular complexity index is 1150. The first-order chi connectivity index (χ1) is 15.5. The Labute approximate surface area is 197 Å². The standard InChI is InChI=1S/C25H25ClN2O3S/c1-15-4-10-19-22(12-15)32-25(27-14-16-5-8-18(30-2)9-6-16)23(19)24(29)28-17-7-11-21(31-3)20(26)13-17/h5-9,11,13-15H,4,10,12H2,1-3H3,(H,28,29)/b27-14+. The van der Waals surface area contributed by atoms with Crippen molar-refractivity contribution < 1.29 is 14.3 Å². The number of nitrogens with one attached hydrogen (secondary N) is 1. The zero-order valence-electron chi connectivity index (χ0n) is 18.3. The van der Waals surface area contributed by atoms with Crippen LogP contribution >= 0.6 is 22.9 Å². The fraction of sp³-hybridized carbons (Fsp3) is 0.280. The molecule has 0 bridgehead atoms. The Morgan fingerprint density at radius 3 is 2.66 bits per heavy atom. The molecule has 1 aromatic heterocycles. The number of benzene rings is 2. The molecule has 0 aliphatic heterocycles. The maximum Gasteiger partial charge on any atom is 0.259 e. The maximum atomic E-state index is 13.3. The summed E-state index contributed by atoms with van der Waals surface area (Å²) in [7, 11) is 3.20. The van der Waals surface area contributed by atoms with Crippen molar-refractivity contribution in [3.63, 3.8) is 0 Å². The molecule has 1 heterocycles. The first-order valence-electron chi connectivity index (χ1n) is 10.5. The summed E-state index contributed by atoms with van der Waals surface area (Å²) in [6, 6.07) is 12.9. The highest BCUT2D eigenvalue weighted by Gasteiger charge is 2.27. The van der Waals surface area contributed by atoms with Crippen molar-refractivity contribution in [2.45, 2.75) is 26.2 Å². The van der Waals surface area contributed by atoms with Gasteiger partial charge in [-0.15, -0.1) is 11.3 Å². The lowest BCUT2D eigenvalue weighted by atomic mass is 9.88. The number of carbonyl (C=O) groups excluding carboxylic acids is 1. The highest BCUT2D eigenvalue weighted by atomic mass is 35.5. The van der Waals surface area contributed by atoms with E-state index in [0.717, 1.165) is 41.1 Å². The number of nitrogens with zero attached hydrogens (tertiary/aromatic N) is 1. The van der Waals surface area contributed by atoms with Crippen LogP contribution in [0.4, 0.5) is 10.7 Å². The summed E-state index contributed by atoms with van der Waals surface area (Å²) in [5.74, 6) is 1.80. The van der Waals surface area contributed by atoms with Crippen LogP contribution in [0, 0.1) is 5.92 Å². The number of amides is 1. The van der Waals surface area contributed by atoms with Gasteiger partial charge in [0.2, 0.25) is 0 Å². The van der Waals surface area contributed by atoms with Gasteiger partial charge in [-0.1, -0.05) is 18.5 Å². The van der Waals surface area contributed by atoms with Crippen molar-refractivity contribution in [2.24, 2.45) is 10.9 Å². The van der Waals surface area contributed by atoms with Crippen LogP contribution in [0.1, 0.15) is 39.7 Å². The molecule has 32 heavy (non-hydrogen) atoms. The number of fused-ring (bicyclic) bond motifs is 1. The number of thiophene rings is 1. The van der Waals surface area contributed by atoms with Crippen molar-refractivity contribution in [1.82, 2.24) is 0 Å². The lowest BCUT2D eigenvalue weighted by molar-refractivity contribution is 0.102. The number of hydrogen-bond acceptors (Lipinski definition) is 5. The molecule has 1 aliphatic rings. The van der Waals surface area contributed by atoms with Gasteiger partial charge in [0.25, 0.3) is 5.91 Å². The summed E-state index contributed by atoms with van der Waals surface area (Å²) in [4.78, 5) is 19.3. The van der Waals surface area contributed by atoms with Gasteiger partial charge in [0.1, 0.15) is 16.5 Å². The molecule has 1 amide bonds. The van der Waals surface area contributed by atoms with Gasteiger partial charge in [0.05, 0.1) is 24.8 Å². The van der Waals surface area contributed by atoms with E-state index >= 15 is 0 Å². The second-order valence-corrected chi connectivity index (χ2v) is 9.36. The molecule has 4 rings (SSSR count). The van der Waals surface area contributed by atoms with Crippen molar-refractivity contribution in [3.05, 3.63) is 69.1 Å².